The lowest BCUT2D eigenvalue weighted by atomic mass is 9.99. The lowest BCUT2D eigenvalue weighted by Gasteiger charge is -2.35. The summed E-state index contributed by atoms with van der Waals surface area (Å²) in [6, 6.07) is 8.37. The standard InChI is InChI=1S/C15H20ClNO/c1-11-9-17(7-6-14(11)16)10-13-8-12-4-2-3-5-15(12)18-13/h2-5,11,13-14H,6-10H2,1H3. The quantitative estimate of drug-likeness (QED) is 0.763. The smallest absolute Gasteiger partial charge is 0.123 e. The number of hydrogen-bond acceptors (Lipinski definition) is 2. The zero-order valence-corrected chi connectivity index (χ0v) is 11.6. The predicted molar refractivity (Wildman–Crippen MR) is 74.4 cm³/mol. The van der Waals surface area contributed by atoms with Crippen molar-refractivity contribution >= 4 is 11.6 Å². The van der Waals surface area contributed by atoms with Crippen molar-refractivity contribution in [3.8, 4) is 5.75 Å². The van der Waals surface area contributed by atoms with Gasteiger partial charge in [-0.2, -0.15) is 0 Å². The number of para-hydroxylation sites is 1. The van der Waals surface area contributed by atoms with Crippen LogP contribution in [0.3, 0.4) is 0 Å². The molecule has 0 radical (unpaired) electrons. The fourth-order valence-corrected chi connectivity index (χ4v) is 3.19. The molecule has 2 aliphatic rings. The Morgan fingerprint density at radius 1 is 1.39 bits per heavy atom. The Kier molecular flexibility index (Phi) is 3.49. The highest BCUT2D eigenvalue weighted by Crippen LogP contribution is 2.29. The van der Waals surface area contributed by atoms with Gasteiger partial charge in [-0.1, -0.05) is 25.1 Å². The molecule has 2 aliphatic heterocycles. The molecule has 0 N–H and O–H groups in total. The van der Waals surface area contributed by atoms with Gasteiger partial charge in [-0.15, -0.1) is 11.6 Å². The average Bonchev–Trinajstić information content (AvgIpc) is 2.76. The predicted octanol–water partition coefficient (Wildman–Crippen LogP) is 2.94. The minimum atomic E-state index is 0.321. The summed E-state index contributed by atoms with van der Waals surface area (Å²) >= 11 is 6.26. The number of likely N-dealkylation sites (tertiary alicyclic amines) is 1. The first-order valence-corrected chi connectivity index (χ1v) is 7.27. The monoisotopic (exact) mass is 265 g/mol. The van der Waals surface area contributed by atoms with Gasteiger partial charge in [-0.25, -0.2) is 0 Å². The minimum Gasteiger partial charge on any atom is -0.488 e. The van der Waals surface area contributed by atoms with Gasteiger partial charge in [0.05, 0.1) is 0 Å². The molecule has 2 heterocycles. The van der Waals surface area contributed by atoms with Gasteiger partial charge >= 0.3 is 0 Å². The van der Waals surface area contributed by atoms with E-state index in [2.05, 4.69) is 30.0 Å². The van der Waals surface area contributed by atoms with Crippen LogP contribution < -0.4 is 4.74 Å². The van der Waals surface area contributed by atoms with Crippen LogP contribution in [0.15, 0.2) is 24.3 Å². The number of ether oxygens (including phenoxy) is 1. The normalized spacial score (nSPS) is 32.0. The molecule has 1 aromatic rings. The van der Waals surface area contributed by atoms with Crippen molar-refractivity contribution in [1.29, 1.82) is 0 Å². The first-order chi connectivity index (χ1) is 8.72. The third-order valence-corrected chi connectivity index (χ3v) is 4.71. The van der Waals surface area contributed by atoms with Gasteiger partial charge in [0.15, 0.2) is 0 Å². The van der Waals surface area contributed by atoms with Crippen molar-refractivity contribution < 1.29 is 4.74 Å². The van der Waals surface area contributed by atoms with Crippen molar-refractivity contribution in [3.05, 3.63) is 29.8 Å². The lowest BCUT2D eigenvalue weighted by molar-refractivity contribution is 0.116. The Morgan fingerprint density at radius 2 is 2.22 bits per heavy atom. The van der Waals surface area contributed by atoms with Gasteiger partial charge in [-0.3, -0.25) is 4.90 Å². The second kappa shape index (κ2) is 5.10. The molecule has 1 saturated heterocycles. The zero-order valence-electron chi connectivity index (χ0n) is 10.8. The number of nitrogens with zero attached hydrogens (tertiary/aromatic N) is 1. The Bertz CT molecular complexity index is 398. The molecule has 0 saturated carbocycles. The Balaban J connectivity index is 1.57. The maximum Gasteiger partial charge on any atom is 0.123 e. The molecule has 18 heavy (non-hydrogen) atoms. The number of hydrogen-bond donors (Lipinski definition) is 0. The van der Waals surface area contributed by atoms with E-state index in [0.29, 0.717) is 17.4 Å². The van der Waals surface area contributed by atoms with Gasteiger partial charge in [-0.05, 0) is 30.5 Å². The van der Waals surface area contributed by atoms with Crippen LogP contribution in [0.5, 0.6) is 5.75 Å². The van der Waals surface area contributed by atoms with E-state index in [9.17, 15) is 0 Å². The second-order valence-electron chi connectivity index (χ2n) is 5.59. The van der Waals surface area contributed by atoms with Crippen LogP contribution in [0.25, 0.3) is 0 Å². The average molecular weight is 266 g/mol. The van der Waals surface area contributed by atoms with Crippen LogP contribution in [0.4, 0.5) is 0 Å². The zero-order chi connectivity index (χ0) is 12.5. The Morgan fingerprint density at radius 3 is 3.00 bits per heavy atom. The summed E-state index contributed by atoms with van der Waals surface area (Å²) in [7, 11) is 0. The summed E-state index contributed by atoms with van der Waals surface area (Å²) < 4.78 is 6.00. The van der Waals surface area contributed by atoms with Gasteiger partial charge in [0.1, 0.15) is 11.9 Å². The first-order valence-electron chi connectivity index (χ1n) is 6.83. The fraction of sp³-hybridized carbons (Fsp3) is 0.600. The molecule has 3 rings (SSSR count). The van der Waals surface area contributed by atoms with Crippen LogP contribution in [0.2, 0.25) is 0 Å². The summed E-state index contributed by atoms with van der Waals surface area (Å²) in [5.41, 5.74) is 1.35. The third kappa shape index (κ3) is 2.50. The van der Waals surface area contributed by atoms with E-state index in [1.54, 1.807) is 0 Å². The highest BCUT2D eigenvalue weighted by Gasteiger charge is 2.29. The van der Waals surface area contributed by atoms with Gasteiger partial charge < -0.3 is 4.74 Å². The third-order valence-electron chi connectivity index (χ3n) is 4.06. The number of alkyl halides is 1. The molecule has 1 fully saturated rings. The summed E-state index contributed by atoms with van der Waals surface area (Å²) in [6.07, 6.45) is 2.47. The molecule has 2 nitrogen and oxygen atoms in total. The number of piperidine rings is 1. The van der Waals surface area contributed by atoms with E-state index in [1.165, 1.54) is 5.56 Å². The molecule has 0 aromatic heterocycles. The van der Waals surface area contributed by atoms with Crippen molar-refractivity contribution in [2.45, 2.75) is 31.2 Å². The number of halogens is 1. The van der Waals surface area contributed by atoms with Crippen molar-refractivity contribution in [1.82, 2.24) is 4.90 Å². The SMILES string of the molecule is CC1CN(CC2Cc3ccccc3O2)CCC1Cl. The molecule has 3 heteroatoms. The molecule has 0 aliphatic carbocycles. The van der Waals surface area contributed by atoms with E-state index in [1.807, 2.05) is 6.07 Å². The van der Waals surface area contributed by atoms with Crippen molar-refractivity contribution in [3.63, 3.8) is 0 Å². The molecule has 98 valence electrons. The first kappa shape index (κ1) is 12.3. The summed E-state index contributed by atoms with van der Waals surface area (Å²) in [5.74, 6) is 1.66. The van der Waals surface area contributed by atoms with E-state index in [4.69, 9.17) is 16.3 Å². The Hall–Kier alpha value is -0.730. The van der Waals surface area contributed by atoms with Gasteiger partial charge in [0, 0.05) is 24.9 Å². The molecule has 3 atom stereocenters. The summed E-state index contributed by atoms with van der Waals surface area (Å²) in [5, 5.41) is 0.350. The molecule has 3 unspecified atom stereocenters. The van der Waals surface area contributed by atoms with E-state index in [-0.39, 0.29) is 0 Å². The molecular weight excluding hydrogens is 246 g/mol. The maximum atomic E-state index is 6.26. The second-order valence-corrected chi connectivity index (χ2v) is 6.15. The fourth-order valence-electron chi connectivity index (χ4n) is 3.01. The summed E-state index contributed by atoms with van der Waals surface area (Å²) in [6.45, 7) is 5.48. The van der Waals surface area contributed by atoms with Gasteiger partial charge in [0.25, 0.3) is 0 Å². The molecule has 1 aromatic carbocycles. The highest BCUT2D eigenvalue weighted by atomic mass is 35.5. The Labute approximate surface area is 114 Å². The van der Waals surface area contributed by atoms with Crippen LogP contribution in [-0.2, 0) is 6.42 Å². The molecule has 0 amide bonds. The van der Waals surface area contributed by atoms with Crippen molar-refractivity contribution in [2.75, 3.05) is 19.6 Å². The van der Waals surface area contributed by atoms with Crippen LogP contribution >= 0.6 is 11.6 Å². The number of rotatable bonds is 2. The van der Waals surface area contributed by atoms with E-state index >= 15 is 0 Å². The van der Waals surface area contributed by atoms with Crippen LogP contribution in [0.1, 0.15) is 18.9 Å². The largest absolute Gasteiger partial charge is 0.488 e. The van der Waals surface area contributed by atoms with Crippen molar-refractivity contribution in [2.24, 2.45) is 5.92 Å². The maximum absolute atomic E-state index is 6.26. The summed E-state index contributed by atoms with van der Waals surface area (Å²) in [4.78, 5) is 2.50. The van der Waals surface area contributed by atoms with Crippen LogP contribution in [-0.4, -0.2) is 36.0 Å². The number of fused-ring (bicyclic) bond motifs is 1. The number of benzene rings is 1. The molecule has 0 spiro atoms. The highest BCUT2D eigenvalue weighted by molar-refractivity contribution is 6.20. The van der Waals surface area contributed by atoms with E-state index < -0.39 is 0 Å². The van der Waals surface area contributed by atoms with Gasteiger partial charge in [0.2, 0.25) is 0 Å². The van der Waals surface area contributed by atoms with E-state index in [0.717, 1.165) is 38.2 Å². The molecular formula is C15H20ClNO. The lowest BCUT2D eigenvalue weighted by Crippen LogP contribution is -2.44. The van der Waals surface area contributed by atoms with Crippen LogP contribution in [0, 0.1) is 5.92 Å². The minimum absolute atomic E-state index is 0.321. The topological polar surface area (TPSA) is 12.5 Å². The molecule has 0 bridgehead atoms.